The van der Waals surface area contributed by atoms with Gasteiger partial charge in [0, 0.05) is 35.3 Å². The highest BCUT2D eigenvalue weighted by atomic mass is 32.2. The van der Waals surface area contributed by atoms with E-state index in [2.05, 4.69) is 19.9 Å². The van der Waals surface area contributed by atoms with Gasteiger partial charge in [-0.1, -0.05) is 11.8 Å². The van der Waals surface area contributed by atoms with Crippen molar-refractivity contribution in [2.75, 3.05) is 7.11 Å². The fraction of sp³-hybridized carbons (Fsp3) is 0.143. The summed E-state index contributed by atoms with van der Waals surface area (Å²) in [5.41, 5.74) is 2.84. The van der Waals surface area contributed by atoms with E-state index in [1.807, 2.05) is 43.3 Å². The monoisotopic (exact) mass is 406 g/mol. The van der Waals surface area contributed by atoms with E-state index in [-0.39, 0.29) is 5.56 Å². The summed E-state index contributed by atoms with van der Waals surface area (Å²) in [5, 5.41) is 0.518. The molecule has 3 aromatic heterocycles. The van der Waals surface area contributed by atoms with Crippen LogP contribution in [0.2, 0.25) is 0 Å². The van der Waals surface area contributed by atoms with Crippen LogP contribution in [0.5, 0.6) is 5.75 Å². The fourth-order valence-corrected chi connectivity index (χ4v) is 3.60. The number of H-pyrrole nitrogens is 1. The molecule has 3 heterocycles. The summed E-state index contributed by atoms with van der Waals surface area (Å²) in [6.45, 7) is 1.87. The van der Waals surface area contributed by atoms with Crippen LogP contribution in [0, 0.1) is 6.92 Å². The summed E-state index contributed by atoms with van der Waals surface area (Å²) in [7, 11) is 1.63. The van der Waals surface area contributed by atoms with Gasteiger partial charge >= 0.3 is 0 Å². The molecule has 0 atom stereocenters. The highest BCUT2D eigenvalue weighted by molar-refractivity contribution is 7.98. The molecule has 0 radical (unpaired) electrons. The van der Waals surface area contributed by atoms with E-state index >= 15 is 0 Å². The summed E-state index contributed by atoms with van der Waals surface area (Å²) in [6, 6.07) is 12.7. The summed E-state index contributed by atoms with van der Waals surface area (Å²) in [5.74, 6) is 2.57. The van der Waals surface area contributed by atoms with Gasteiger partial charge in [0.25, 0.3) is 5.56 Å². The lowest BCUT2D eigenvalue weighted by Crippen LogP contribution is -2.08. The second kappa shape index (κ2) is 8.32. The molecular formula is C21H18N4O3S. The fourth-order valence-electron chi connectivity index (χ4n) is 2.72. The SMILES string of the molecule is COc1ccc(-c2nc(CSc3nc(-c4cccnc4)cc(=O)[nH]3)c(C)o2)cc1. The van der Waals surface area contributed by atoms with E-state index in [9.17, 15) is 4.79 Å². The number of rotatable bonds is 6. The number of pyridine rings is 1. The number of benzene rings is 1. The minimum Gasteiger partial charge on any atom is -0.497 e. The Labute approximate surface area is 171 Å². The quantitative estimate of drug-likeness (QED) is 0.381. The van der Waals surface area contributed by atoms with Gasteiger partial charge in [-0.05, 0) is 43.3 Å². The number of hydrogen-bond donors (Lipinski definition) is 1. The maximum atomic E-state index is 12.0. The lowest BCUT2D eigenvalue weighted by molar-refractivity contribution is 0.415. The molecule has 8 heteroatoms. The first kappa shape index (κ1) is 18.9. The minimum absolute atomic E-state index is 0.211. The van der Waals surface area contributed by atoms with Crippen molar-refractivity contribution in [1.29, 1.82) is 0 Å². The molecule has 0 unspecified atom stereocenters. The van der Waals surface area contributed by atoms with Crippen molar-refractivity contribution in [2.45, 2.75) is 17.8 Å². The standard InChI is InChI=1S/C21H18N4O3S/c1-13-18(23-20(28-13)14-5-7-16(27-2)8-6-14)12-29-21-24-17(10-19(26)25-21)15-4-3-9-22-11-15/h3-11H,12H2,1-2H3,(H,24,25,26). The van der Waals surface area contributed by atoms with Crippen LogP contribution in [0.4, 0.5) is 0 Å². The van der Waals surface area contributed by atoms with Gasteiger partial charge in [0.1, 0.15) is 11.5 Å². The van der Waals surface area contributed by atoms with Gasteiger partial charge in [-0.3, -0.25) is 9.78 Å². The van der Waals surface area contributed by atoms with Crippen LogP contribution in [-0.2, 0) is 5.75 Å². The predicted octanol–water partition coefficient (Wildman–Crippen LogP) is 4.10. The Bertz CT molecular complexity index is 1170. The van der Waals surface area contributed by atoms with E-state index in [0.29, 0.717) is 22.5 Å². The number of ether oxygens (including phenoxy) is 1. The molecule has 0 saturated heterocycles. The normalized spacial score (nSPS) is 10.8. The number of methoxy groups -OCH3 is 1. The molecule has 146 valence electrons. The van der Waals surface area contributed by atoms with Crippen molar-refractivity contribution < 1.29 is 9.15 Å². The first-order valence-electron chi connectivity index (χ1n) is 8.87. The molecule has 0 spiro atoms. The molecule has 7 nitrogen and oxygen atoms in total. The average Bonchev–Trinajstić information content (AvgIpc) is 3.13. The molecule has 29 heavy (non-hydrogen) atoms. The third kappa shape index (κ3) is 4.38. The molecule has 4 aromatic rings. The van der Waals surface area contributed by atoms with Gasteiger partial charge < -0.3 is 14.1 Å². The van der Waals surface area contributed by atoms with Crippen molar-refractivity contribution >= 4 is 11.8 Å². The Morgan fingerprint density at radius 1 is 1.14 bits per heavy atom. The van der Waals surface area contributed by atoms with E-state index < -0.39 is 0 Å². The topological polar surface area (TPSA) is 93.9 Å². The Kier molecular flexibility index (Phi) is 5.44. The van der Waals surface area contributed by atoms with E-state index in [1.54, 1.807) is 19.5 Å². The molecular weight excluding hydrogens is 388 g/mol. The Hall–Kier alpha value is -3.39. The van der Waals surface area contributed by atoms with Crippen LogP contribution in [0.3, 0.4) is 0 Å². The van der Waals surface area contributed by atoms with Crippen molar-refractivity contribution in [3.8, 4) is 28.5 Å². The minimum atomic E-state index is -0.211. The first-order valence-corrected chi connectivity index (χ1v) is 9.86. The summed E-state index contributed by atoms with van der Waals surface area (Å²) < 4.78 is 11.0. The Morgan fingerprint density at radius 3 is 2.69 bits per heavy atom. The maximum absolute atomic E-state index is 12.0. The number of aryl methyl sites for hydroxylation is 1. The van der Waals surface area contributed by atoms with Gasteiger partial charge in [-0.25, -0.2) is 9.97 Å². The van der Waals surface area contributed by atoms with Crippen LogP contribution in [0.1, 0.15) is 11.5 Å². The second-order valence-corrected chi connectivity index (χ2v) is 7.18. The van der Waals surface area contributed by atoms with Crippen LogP contribution in [-0.4, -0.2) is 27.0 Å². The van der Waals surface area contributed by atoms with Crippen LogP contribution < -0.4 is 10.3 Å². The number of hydrogen-bond acceptors (Lipinski definition) is 7. The molecule has 0 fully saturated rings. The highest BCUT2D eigenvalue weighted by Gasteiger charge is 2.13. The zero-order chi connectivity index (χ0) is 20.2. The van der Waals surface area contributed by atoms with Crippen molar-refractivity contribution in [3.63, 3.8) is 0 Å². The number of thioether (sulfide) groups is 1. The smallest absolute Gasteiger partial charge is 0.252 e. The summed E-state index contributed by atoms with van der Waals surface area (Å²) >= 11 is 1.40. The lowest BCUT2D eigenvalue weighted by Gasteiger charge is -2.03. The Morgan fingerprint density at radius 2 is 1.97 bits per heavy atom. The first-order chi connectivity index (χ1) is 14.1. The van der Waals surface area contributed by atoms with Gasteiger partial charge in [0.2, 0.25) is 5.89 Å². The molecule has 1 aromatic carbocycles. The number of aromatic nitrogens is 4. The second-order valence-electron chi connectivity index (χ2n) is 6.22. The van der Waals surface area contributed by atoms with Crippen molar-refractivity contribution in [1.82, 2.24) is 19.9 Å². The summed E-state index contributed by atoms with van der Waals surface area (Å²) in [4.78, 5) is 28.0. The highest BCUT2D eigenvalue weighted by Crippen LogP contribution is 2.27. The van der Waals surface area contributed by atoms with Crippen molar-refractivity contribution in [3.05, 3.63) is 76.7 Å². The largest absolute Gasteiger partial charge is 0.497 e. The number of nitrogens with zero attached hydrogens (tertiary/aromatic N) is 3. The summed E-state index contributed by atoms with van der Waals surface area (Å²) in [6.07, 6.45) is 3.36. The molecule has 0 bridgehead atoms. The van der Waals surface area contributed by atoms with E-state index in [0.717, 1.165) is 28.3 Å². The van der Waals surface area contributed by atoms with Crippen LogP contribution >= 0.6 is 11.8 Å². The third-order valence-corrected chi connectivity index (χ3v) is 5.14. The van der Waals surface area contributed by atoms with Crippen molar-refractivity contribution in [2.24, 2.45) is 0 Å². The maximum Gasteiger partial charge on any atom is 0.252 e. The van der Waals surface area contributed by atoms with E-state index in [1.165, 1.54) is 17.8 Å². The lowest BCUT2D eigenvalue weighted by atomic mass is 10.2. The zero-order valence-electron chi connectivity index (χ0n) is 15.9. The van der Waals surface area contributed by atoms with Crippen LogP contribution in [0.15, 0.2) is 69.2 Å². The zero-order valence-corrected chi connectivity index (χ0v) is 16.7. The Balaban J connectivity index is 1.53. The number of oxazole rings is 1. The number of nitrogens with one attached hydrogen (secondary N) is 1. The van der Waals surface area contributed by atoms with Gasteiger partial charge in [0.15, 0.2) is 5.16 Å². The molecule has 0 saturated carbocycles. The van der Waals surface area contributed by atoms with Gasteiger partial charge in [-0.2, -0.15) is 0 Å². The molecule has 0 amide bonds. The molecule has 0 aliphatic carbocycles. The molecule has 4 rings (SSSR count). The molecule has 1 N–H and O–H groups in total. The predicted molar refractivity (Wildman–Crippen MR) is 111 cm³/mol. The van der Waals surface area contributed by atoms with Crippen LogP contribution in [0.25, 0.3) is 22.7 Å². The average molecular weight is 406 g/mol. The van der Waals surface area contributed by atoms with Gasteiger partial charge in [-0.15, -0.1) is 0 Å². The van der Waals surface area contributed by atoms with E-state index in [4.69, 9.17) is 9.15 Å². The number of aromatic amines is 1. The van der Waals surface area contributed by atoms with Gasteiger partial charge in [0.05, 0.1) is 18.5 Å². The third-order valence-electron chi connectivity index (χ3n) is 4.25. The molecule has 0 aliphatic heterocycles. The molecule has 0 aliphatic rings.